The lowest BCUT2D eigenvalue weighted by atomic mass is 9.92. The van der Waals surface area contributed by atoms with Crippen LogP contribution in [0.1, 0.15) is 5.56 Å². The van der Waals surface area contributed by atoms with Crippen LogP contribution in [0.2, 0.25) is 0 Å². The summed E-state index contributed by atoms with van der Waals surface area (Å²) >= 11 is 0. The van der Waals surface area contributed by atoms with Crippen LogP contribution in [0, 0.1) is 0 Å². The molecule has 0 saturated carbocycles. The van der Waals surface area contributed by atoms with Crippen LogP contribution in [0.4, 0.5) is 0 Å². The quantitative estimate of drug-likeness (QED) is 0.333. The first-order chi connectivity index (χ1) is 12.0. The maximum absolute atomic E-state index is 10.9. The molecule has 4 aromatic carbocycles. The zero-order valence-corrected chi connectivity index (χ0v) is 14.2. The van der Waals surface area contributed by atoms with Gasteiger partial charge in [-0.25, -0.2) is 4.18 Å². The fourth-order valence-corrected chi connectivity index (χ4v) is 3.72. The molecule has 0 aliphatic rings. The van der Waals surface area contributed by atoms with Crippen molar-refractivity contribution in [1.29, 1.82) is 0 Å². The van der Waals surface area contributed by atoms with Gasteiger partial charge in [-0.3, -0.25) is 4.55 Å². The van der Waals surface area contributed by atoms with E-state index >= 15 is 0 Å². The Morgan fingerprint density at radius 1 is 0.760 bits per heavy atom. The van der Waals surface area contributed by atoms with E-state index in [9.17, 15) is 8.42 Å². The number of fused-ring (bicyclic) bond motifs is 4. The first kappa shape index (κ1) is 16.0. The minimum Gasteiger partial charge on any atom is -0.264 e. The van der Waals surface area contributed by atoms with Gasteiger partial charge in [-0.05, 0) is 50.4 Å². The molecule has 25 heavy (non-hydrogen) atoms. The summed E-state index contributed by atoms with van der Waals surface area (Å²) in [6, 6.07) is 22.5. The summed E-state index contributed by atoms with van der Waals surface area (Å²) in [7, 11) is -4.44. The molecular weight excluding hydrogens is 336 g/mol. The molecule has 1 N–H and O–H groups in total. The van der Waals surface area contributed by atoms with Crippen LogP contribution in [-0.4, -0.2) is 19.6 Å². The smallest absolute Gasteiger partial charge is 0.264 e. The second-order valence-electron chi connectivity index (χ2n) is 5.96. The molecular formula is C20H16O4S. The van der Waals surface area contributed by atoms with E-state index in [2.05, 4.69) is 34.5 Å². The van der Waals surface area contributed by atoms with Crippen LogP contribution < -0.4 is 0 Å². The average Bonchev–Trinajstić information content (AvgIpc) is 2.60. The SMILES string of the molecule is O=S(=O)(O)OCCc1c2ccccc2cc2c1ccc1ccccc12. The van der Waals surface area contributed by atoms with Gasteiger partial charge in [-0.15, -0.1) is 0 Å². The van der Waals surface area contributed by atoms with Crippen molar-refractivity contribution in [3.05, 3.63) is 72.3 Å². The number of hydrogen-bond acceptors (Lipinski definition) is 3. The molecule has 0 aliphatic carbocycles. The van der Waals surface area contributed by atoms with E-state index in [1.165, 1.54) is 0 Å². The molecule has 0 unspecified atom stereocenters. The Bertz CT molecular complexity index is 1200. The van der Waals surface area contributed by atoms with Crippen LogP contribution in [0.15, 0.2) is 66.7 Å². The molecule has 0 amide bonds. The topological polar surface area (TPSA) is 63.6 Å². The maximum Gasteiger partial charge on any atom is 0.397 e. The Morgan fingerprint density at radius 2 is 1.44 bits per heavy atom. The van der Waals surface area contributed by atoms with Gasteiger partial charge in [-0.1, -0.05) is 60.7 Å². The zero-order chi connectivity index (χ0) is 17.4. The third kappa shape index (κ3) is 3.09. The number of benzene rings is 4. The molecule has 0 aromatic heterocycles. The first-order valence-electron chi connectivity index (χ1n) is 7.97. The van der Waals surface area contributed by atoms with Gasteiger partial charge in [0.15, 0.2) is 0 Å². The van der Waals surface area contributed by atoms with Crippen LogP contribution >= 0.6 is 0 Å². The Kier molecular flexibility index (Phi) is 3.92. The van der Waals surface area contributed by atoms with Crippen molar-refractivity contribution < 1.29 is 17.2 Å². The van der Waals surface area contributed by atoms with Crippen LogP contribution in [-0.2, 0) is 21.0 Å². The van der Waals surface area contributed by atoms with Crippen molar-refractivity contribution >= 4 is 42.7 Å². The van der Waals surface area contributed by atoms with Crippen LogP contribution in [0.3, 0.4) is 0 Å². The first-order valence-corrected chi connectivity index (χ1v) is 9.33. The molecule has 0 heterocycles. The average molecular weight is 352 g/mol. The molecule has 4 nitrogen and oxygen atoms in total. The highest BCUT2D eigenvalue weighted by Crippen LogP contribution is 2.33. The molecule has 0 radical (unpaired) electrons. The van der Waals surface area contributed by atoms with E-state index in [0.29, 0.717) is 6.42 Å². The largest absolute Gasteiger partial charge is 0.397 e. The standard InChI is InChI=1S/C20H16O4S/c21-25(22,23)24-12-11-19-17-8-4-2-6-15(17)13-20-16-7-3-1-5-14(16)9-10-18(19)20/h1-10,13H,11-12H2,(H,21,22,23). The minimum atomic E-state index is -4.44. The van der Waals surface area contributed by atoms with Gasteiger partial charge >= 0.3 is 10.4 Å². The lowest BCUT2D eigenvalue weighted by Gasteiger charge is -2.13. The van der Waals surface area contributed by atoms with E-state index in [1.807, 2.05) is 36.4 Å². The molecule has 0 saturated heterocycles. The van der Waals surface area contributed by atoms with Gasteiger partial charge in [0.1, 0.15) is 0 Å². The lowest BCUT2D eigenvalue weighted by molar-refractivity contribution is 0.272. The fraction of sp³-hybridized carbons (Fsp3) is 0.100. The van der Waals surface area contributed by atoms with Crippen molar-refractivity contribution in [2.75, 3.05) is 6.61 Å². The molecule has 4 aromatic rings. The van der Waals surface area contributed by atoms with Gasteiger partial charge in [-0.2, -0.15) is 8.42 Å². The molecule has 0 bridgehead atoms. The fourth-order valence-electron chi connectivity index (χ4n) is 3.43. The summed E-state index contributed by atoms with van der Waals surface area (Å²) in [5.74, 6) is 0. The molecule has 126 valence electrons. The highest BCUT2D eigenvalue weighted by atomic mass is 32.3. The van der Waals surface area contributed by atoms with Gasteiger partial charge in [0.25, 0.3) is 0 Å². The third-order valence-electron chi connectivity index (χ3n) is 4.47. The van der Waals surface area contributed by atoms with E-state index < -0.39 is 10.4 Å². The molecule has 0 spiro atoms. The molecule has 5 heteroatoms. The highest BCUT2D eigenvalue weighted by Gasteiger charge is 2.11. The number of rotatable bonds is 4. The van der Waals surface area contributed by atoms with Crippen LogP contribution in [0.5, 0.6) is 0 Å². The summed E-state index contributed by atoms with van der Waals surface area (Å²) < 4.78 is 35.1. The lowest BCUT2D eigenvalue weighted by Crippen LogP contribution is -2.07. The van der Waals surface area contributed by atoms with E-state index in [1.54, 1.807) is 0 Å². The normalized spacial score (nSPS) is 12.2. The Balaban J connectivity index is 1.97. The van der Waals surface area contributed by atoms with Gasteiger partial charge in [0.2, 0.25) is 0 Å². The van der Waals surface area contributed by atoms with Crippen molar-refractivity contribution in [2.45, 2.75) is 6.42 Å². The summed E-state index contributed by atoms with van der Waals surface area (Å²) in [5.41, 5.74) is 1.02. The Hall–Kier alpha value is -2.47. The summed E-state index contributed by atoms with van der Waals surface area (Å²) in [6.45, 7) is -0.102. The van der Waals surface area contributed by atoms with E-state index in [0.717, 1.165) is 37.9 Å². The predicted octanol–water partition coefficient (Wildman–Crippen LogP) is 4.51. The van der Waals surface area contributed by atoms with Gasteiger partial charge in [0.05, 0.1) is 6.61 Å². The van der Waals surface area contributed by atoms with Crippen molar-refractivity contribution in [3.8, 4) is 0 Å². The van der Waals surface area contributed by atoms with Crippen molar-refractivity contribution in [3.63, 3.8) is 0 Å². The Labute approximate surface area is 145 Å². The highest BCUT2D eigenvalue weighted by molar-refractivity contribution is 7.80. The van der Waals surface area contributed by atoms with Gasteiger partial charge in [0, 0.05) is 0 Å². The minimum absolute atomic E-state index is 0.102. The second kappa shape index (κ2) is 6.11. The summed E-state index contributed by atoms with van der Waals surface area (Å²) in [5, 5.41) is 6.65. The molecule has 0 aliphatic heterocycles. The van der Waals surface area contributed by atoms with E-state index in [4.69, 9.17) is 4.55 Å². The monoisotopic (exact) mass is 352 g/mol. The van der Waals surface area contributed by atoms with Crippen molar-refractivity contribution in [2.24, 2.45) is 0 Å². The third-order valence-corrected chi connectivity index (χ3v) is 4.93. The zero-order valence-electron chi connectivity index (χ0n) is 13.3. The van der Waals surface area contributed by atoms with Gasteiger partial charge < -0.3 is 0 Å². The maximum atomic E-state index is 10.9. The predicted molar refractivity (Wildman–Crippen MR) is 100 cm³/mol. The molecule has 4 rings (SSSR count). The molecule has 0 atom stereocenters. The van der Waals surface area contributed by atoms with E-state index in [-0.39, 0.29) is 6.61 Å². The number of hydrogen-bond donors (Lipinski definition) is 1. The Morgan fingerprint density at radius 3 is 2.20 bits per heavy atom. The van der Waals surface area contributed by atoms with Crippen molar-refractivity contribution in [1.82, 2.24) is 0 Å². The van der Waals surface area contributed by atoms with Crippen LogP contribution in [0.25, 0.3) is 32.3 Å². The second-order valence-corrected chi connectivity index (χ2v) is 7.05. The summed E-state index contributed by atoms with van der Waals surface area (Å²) in [4.78, 5) is 0. The molecule has 0 fully saturated rings. The summed E-state index contributed by atoms with van der Waals surface area (Å²) in [6.07, 6.45) is 0.385.